The third-order valence-corrected chi connectivity index (χ3v) is 3.70. The molecule has 0 aliphatic carbocycles. The Bertz CT molecular complexity index is 452. The molecule has 1 rings (SSSR count). The molecule has 0 amide bonds. The molecule has 5 heteroatoms. The summed E-state index contributed by atoms with van der Waals surface area (Å²) in [7, 11) is 0.296. The molecule has 1 aromatic carbocycles. The Morgan fingerprint density at radius 2 is 2.06 bits per heavy atom. The molecule has 0 fully saturated rings. The maximum Gasteiger partial charge on any atom is 0.144 e. The van der Waals surface area contributed by atoms with Gasteiger partial charge in [0.1, 0.15) is 16.7 Å². The van der Waals surface area contributed by atoms with E-state index in [0.29, 0.717) is 16.3 Å². The summed E-state index contributed by atoms with van der Waals surface area (Å²) in [6.45, 7) is 5.61. The first-order valence-corrected chi connectivity index (χ1v) is 6.62. The molecule has 0 bridgehead atoms. The van der Waals surface area contributed by atoms with Crippen LogP contribution >= 0.6 is 11.6 Å². The summed E-state index contributed by atoms with van der Waals surface area (Å²) in [5, 5.41) is 0.556. The van der Waals surface area contributed by atoms with Crippen molar-refractivity contribution in [2.75, 3.05) is 7.11 Å². The Kier molecular flexibility index (Phi) is 4.71. The van der Waals surface area contributed by atoms with Crippen LogP contribution in [0.15, 0.2) is 22.6 Å². The van der Waals surface area contributed by atoms with Crippen molar-refractivity contribution in [3.63, 3.8) is 0 Å². The molecule has 0 saturated carbocycles. The standard InChI is InChI=1S/C12H16ClNO2S/c1-12(2,3)17(15)14-8-9-7-10(16-4)5-6-11(9)13/h5-8H,1-4H3/t17-/m0/s1. The van der Waals surface area contributed by atoms with Gasteiger partial charge < -0.3 is 4.74 Å². The van der Waals surface area contributed by atoms with E-state index in [-0.39, 0.29) is 4.75 Å². The maximum atomic E-state index is 11.7. The Morgan fingerprint density at radius 1 is 1.41 bits per heavy atom. The lowest BCUT2D eigenvalue weighted by molar-refractivity contribution is 0.415. The molecule has 0 heterocycles. The normalized spacial score (nSPS) is 13.9. The van der Waals surface area contributed by atoms with Gasteiger partial charge in [-0.3, -0.25) is 0 Å². The molecule has 94 valence electrons. The van der Waals surface area contributed by atoms with E-state index >= 15 is 0 Å². The van der Waals surface area contributed by atoms with Crippen molar-refractivity contribution in [3.8, 4) is 5.75 Å². The fraction of sp³-hybridized carbons (Fsp3) is 0.417. The first-order chi connectivity index (χ1) is 7.84. The molecule has 1 atom stereocenters. The largest absolute Gasteiger partial charge is 0.497 e. The Labute approximate surface area is 109 Å². The average molecular weight is 274 g/mol. The highest BCUT2D eigenvalue weighted by molar-refractivity contribution is 7.85. The fourth-order valence-corrected chi connectivity index (χ4v) is 1.70. The summed E-state index contributed by atoms with van der Waals surface area (Å²) in [4.78, 5) is 0. The van der Waals surface area contributed by atoms with Crippen molar-refractivity contribution in [2.24, 2.45) is 4.40 Å². The lowest BCUT2D eigenvalue weighted by atomic mass is 10.2. The SMILES string of the molecule is COc1ccc(Cl)c(C=N[S@@](=O)C(C)(C)C)c1. The second-order valence-electron chi connectivity index (χ2n) is 4.48. The van der Waals surface area contributed by atoms with Crippen LogP contribution in [0.3, 0.4) is 0 Å². The second kappa shape index (κ2) is 5.65. The molecule has 0 spiro atoms. The van der Waals surface area contributed by atoms with E-state index in [0.717, 1.165) is 0 Å². The van der Waals surface area contributed by atoms with Gasteiger partial charge in [-0.25, -0.2) is 4.21 Å². The molecule has 3 nitrogen and oxygen atoms in total. The average Bonchev–Trinajstić information content (AvgIpc) is 2.26. The van der Waals surface area contributed by atoms with E-state index in [1.165, 1.54) is 6.21 Å². The highest BCUT2D eigenvalue weighted by atomic mass is 35.5. The summed E-state index contributed by atoms with van der Waals surface area (Å²) in [6.07, 6.45) is 1.52. The van der Waals surface area contributed by atoms with Crippen LogP contribution in [0.1, 0.15) is 26.3 Å². The topological polar surface area (TPSA) is 38.7 Å². The van der Waals surface area contributed by atoms with Gasteiger partial charge in [0.25, 0.3) is 0 Å². The Balaban J connectivity index is 2.95. The second-order valence-corrected chi connectivity index (χ2v) is 6.82. The van der Waals surface area contributed by atoms with Gasteiger partial charge in [-0.15, -0.1) is 0 Å². The highest BCUT2D eigenvalue weighted by Crippen LogP contribution is 2.21. The molecular formula is C12H16ClNO2S. The first kappa shape index (κ1) is 14.2. The minimum Gasteiger partial charge on any atom is -0.497 e. The molecule has 0 N–H and O–H groups in total. The van der Waals surface area contributed by atoms with Gasteiger partial charge in [-0.1, -0.05) is 11.6 Å². The number of rotatable bonds is 3. The molecular weight excluding hydrogens is 258 g/mol. The van der Waals surface area contributed by atoms with E-state index in [2.05, 4.69) is 4.40 Å². The highest BCUT2D eigenvalue weighted by Gasteiger charge is 2.18. The molecule has 17 heavy (non-hydrogen) atoms. The van der Waals surface area contributed by atoms with Crippen LogP contribution in [0.25, 0.3) is 0 Å². The predicted octanol–water partition coefficient (Wildman–Crippen LogP) is 3.23. The summed E-state index contributed by atoms with van der Waals surface area (Å²) in [6, 6.07) is 5.24. The van der Waals surface area contributed by atoms with Crippen LogP contribution < -0.4 is 4.74 Å². The third-order valence-electron chi connectivity index (χ3n) is 2.01. The van der Waals surface area contributed by atoms with Gasteiger partial charge in [-0.2, -0.15) is 4.40 Å². The van der Waals surface area contributed by atoms with Gasteiger partial charge in [-0.05, 0) is 39.0 Å². The summed E-state index contributed by atoms with van der Waals surface area (Å²) in [5.74, 6) is 0.692. The van der Waals surface area contributed by atoms with Crippen molar-refractivity contribution >= 4 is 28.8 Å². The van der Waals surface area contributed by atoms with Gasteiger partial charge in [0.15, 0.2) is 0 Å². The number of nitrogens with zero attached hydrogens (tertiary/aromatic N) is 1. The monoisotopic (exact) mass is 273 g/mol. The van der Waals surface area contributed by atoms with Crippen LogP contribution in [-0.4, -0.2) is 22.3 Å². The molecule has 1 aromatic rings. The van der Waals surface area contributed by atoms with Crippen LogP contribution in [0.2, 0.25) is 5.02 Å². The molecule has 0 aromatic heterocycles. The molecule has 0 aliphatic rings. The number of halogens is 1. The Hall–Kier alpha value is -0.870. The van der Waals surface area contributed by atoms with Crippen molar-refractivity contribution in [3.05, 3.63) is 28.8 Å². The zero-order valence-corrected chi connectivity index (χ0v) is 11.9. The van der Waals surface area contributed by atoms with E-state index in [4.69, 9.17) is 16.3 Å². The first-order valence-electron chi connectivity index (χ1n) is 5.14. The van der Waals surface area contributed by atoms with Crippen LogP contribution in [0, 0.1) is 0 Å². The van der Waals surface area contributed by atoms with E-state index in [1.54, 1.807) is 25.3 Å². The summed E-state index contributed by atoms with van der Waals surface area (Å²) < 4.78 is 20.5. The molecule has 0 unspecified atom stereocenters. The maximum absolute atomic E-state index is 11.7. The van der Waals surface area contributed by atoms with Crippen molar-refractivity contribution < 1.29 is 8.95 Å². The lowest BCUT2D eigenvalue weighted by Gasteiger charge is -2.12. The van der Waals surface area contributed by atoms with Crippen molar-refractivity contribution in [2.45, 2.75) is 25.5 Å². The fourth-order valence-electron chi connectivity index (χ4n) is 1.01. The van der Waals surface area contributed by atoms with Gasteiger partial charge in [0, 0.05) is 16.8 Å². The number of benzene rings is 1. The van der Waals surface area contributed by atoms with Crippen LogP contribution in [-0.2, 0) is 11.0 Å². The smallest absolute Gasteiger partial charge is 0.144 e. The molecule has 0 aliphatic heterocycles. The quantitative estimate of drug-likeness (QED) is 0.793. The third kappa shape index (κ3) is 4.13. The van der Waals surface area contributed by atoms with Crippen molar-refractivity contribution in [1.82, 2.24) is 0 Å². The van der Waals surface area contributed by atoms with Gasteiger partial charge in [0.05, 0.1) is 11.9 Å². The predicted molar refractivity (Wildman–Crippen MR) is 73.5 cm³/mol. The van der Waals surface area contributed by atoms with Crippen LogP contribution in [0.5, 0.6) is 5.75 Å². The van der Waals surface area contributed by atoms with E-state index in [1.807, 2.05) is 20.8 Å². The minimum atomic E-state index is -1.28. The summed E-state index contributed by atoms with van der Waals surface area (Å²) >= 11 is 6.01. The zero-order valence-electron chi connectivity index (χ0n) is 10.4. The number of hydrogen-bond acceptors (Lipinski definition) is 2. The summed E-state index contributed by atoms with van der Waals surface area (Å²) in [5.41, 5.74) is 0.698. The van der Waals surface area contributed by atoms with E-state index in [9.17, 15) is 4.21 Å². The van der Waals surface area contributed by atoms with E-state index < -0.39 is 11.0 Å². The molecule has 0 saturated heterocycles. The van der Waals surface area contributed by atoms with Gasteiger partial charge in [0.2, 0.25) is 0 Å². The number of hydrogen-bond donors (Lipinski definition) is 0. The van der Waals surface area contributed by atoms with Gasteiger partial charge >= 0.3 is 0 Å². The Morgan fingerprint density at radius 3 is 2.59 bits per heavy atom. The molecule has 0 radical (unpaired) electrons. The lowest BCUT2D eigenvalue weighted by Crippen LogP contribution is -2.19. The zero-order chi connectivity index (χ0) is 13.1. The minimum absolute atomic E-state index is 0.373. The van der Waals surface area contributed by atoms with Crippen LogP contribution in [0.4, 0.5) is 0 Å². The number of ether oxygens (including phenoxy) is 1. The van der Waals surface area contributed by atoms with Crippen molar-refractivity contribution in [1.29, 1.82) is 0 Å². The number of methoxy groups -OCH3 is 1.